The van der Waals surface area contributed by atoms with Crippen LogP contribution in [0.25, 0.3) is 0 Å². The van der Waals surface area contributed by atoms with E-state index in [-0.39, 0.29) is 0 Å². The molecule has 1 aliphatic rings. The van der Waals surface area contributed by atoms with Crippen molar-refractivity contribution in [2.24, 2.45) is 0 Å². The van der Waals surface area contributed by atoms with Gasteiger partial charge >= 0.3 is 0 Å². The molecule has 0 radical (unpaired) electrons. The third-order valence-corrected chi connectivity index (χ3v) is 2.53. The first-order valence-electron chi connectivity index (χ1n) is 4.84. The smallest absolute Gasteiger partial charge is 0.217 e. The van der Waals surface area contributed by atoms with Gasteiger partial charge < -0.3 is 15.8 Å². The van der Waals surface area contributed by atoms with Crippen LogP contribution in [0.15, 0.2) is 12.3 Å². The van der Waals surface area contributed by atoms with Crippen LogP contribution in [0.4, 0.5) is 5.69 Å². The van der Waals surface area contributed by atoms with E-state index in [1.807, 2.05) is 6.07 Å². The van der Waals surface area contributed by atoms with Gasteiger partial charge in [-0.15, -0.1) is 0 Å². The zero-order valence-corrected chi connectivity index (χ0v) is 8.29. The summed E-state index contributed by atoms with van der Waals surface area (Å²) in [5.74, 6) is 0.679. The summed E-state index contributed by atoms with van der Waals surface area (Å²) in [4.78, 5) is 4.15. The van der Waals surface area contributed by atoms with Gasteiger partial charge in [0.25, 0.3) is 0 Å². The zero-order chi connectivity index (χ0) is 9.97. The standard InChI is InChI=1S/C10H15N3O/c1-14-10-8(5-7(11)6-13-10)9-3-2-4-12-9/h5-6,9,12H,2-4,11H2,1H3/t9-/m0/s1. The van der Waals surface area contributed by atoms with Crippen LogP contribution in [-0.4, -0.2) is 18.6 Å². The largest absolute Gasteiger partial charge is 0.481 e. The number of ether oxygens (including phenoxy) is 1. The van der Waals surface area contributed by atoms with Crippen LogP contribution in [0.2, 0.25) is 0 Å². The van der Waals surface area contributed by atoms with E-state index < -0.39 is 0 Å². The fourth-order valence-corrected chi connectivity index (χ4v) is 1.86. The third kappa shape index (κ3) is 1.65. The predicted molar refractivity (Wildman–Crippen MR) is 55.2 cm³/mol. The van der Waals surface area contributed by atoms with E-state index >= 15 is 0 Å². The molecular weight excluding hydrogens is 178 g/mol. The number of hydrogen-bond donors (Lipinski definition) is 2. The van der Waals surface area contributed by atoms with Gasteiger partial charge in [-0.3, -0.25) is 0 Å². The molecule has 14 heavy (non-hydrogen) atoms. The number of nitrogens with one attached hydrogen (secondary N) is 1. The summed E-state index contributed by atoms with van der Waals surface area (Å²) in [5.41, 5.74) is 7.47. The minimum Gasteiger partial charge on any atom is -0.481 e. The average molecular weight is 193 g/mol. The molecule has 2 rings (SSSR count). The minimum atomic E-state index is 0.348. The summed E-state index contributed by atoms with van der Waals surface area (Å²) in [6.07, 6.45) is 3.95. The number of nitrogens with two attached hydrogens (primary N) is 1. The van der Waals surface area contributed by atoms with E-state index in [1.54, 1.807) is 13.3 Å². The number of nitrogen functional groups attached to an aromatic ring is 1. The Labute approximate surface area is 83.5 Å². The van der Waals surface area contributed by atoms with Crippen molar-refractivity contribution in [1.29, 1.82) is 0 Å². The topological polar surface area (TPSA) is 60.2 Å². The summed E-state index contributed by atoms with van der Waals surface area (Å²) >= 11 is 0. The zero-order valence-electron chi connectivity index (χ0n) is 8.29. The van der Waals surface area contributed by atoms with Crippen molar-refractivity contribution in [3.05, 3.63) is 17.8 Å². The second-order valence-corrected chi connectivity index (χ2v) is 3.52. The molecule has 4 heteroatoms. The number of rotatable bonds is 2. The van der Waals surface area contributed by atoms with E-state index in [9.17, 15) is 0 Å². The molecule has 0 amide bonds. The number of aromatic nitrogens is 1. The molecule has 0 bridgehead atoms. The Morgan fingerprint density at radius 3 is 3.14 bits per heavy atom. The van der Waals surface area contributed by atoms with Gasteiger partial charge in [0.2, 0.25) is 5.88 Å². The van der Waals surface area contributed by atoms with Gasteiger partial charge in [0, 0.05) is 11.6 Å². The molecule has 1 saturated heterocycles. The molecule has 0 aliphatic carbocycles. The number of hydrogen-bond acceptors (Lipinski definition) is 4. The second-order valence-electron chi connectivity index (χ2n) is 3.52. The molecule has 0 spiro atoms. The maximum atomic E-state index is 5.70. The van der Waals surface area contributed by atoms with Gasteiger partial charge in [-0.25, -0.2) is 4.98 Å². The van der Waals surface area contributed by atoms with Gasteiger partial charge in [-0.1, -0.05) is 0 Å². The average Bonchev–Trinajstić information content (AvgIpc) is 2.70. The molecule has 1 aliphatic heterocycles. The Hall–Kier alpha value is -1.29. The van der Waals surface area contributed by atoms with Crippen LogP contribution in [0, 0.1) is 0 Å². The van der Waals surface area contributed by atoms with E-state index in [4.69, 9.17) is 10.5 Å². The molecule has 0 unspecified atom stereocenters. The molecule has 4 nitrogen and oxygen atoms in total. The summed E-state index contributed by atoms with van der Waals surface area (Å²) in [6.45, 7) is 1.06. The summed E-state index contributed by atoms with van der Waals surface area (Å²) in [7, 11) is 1.64. The van der Waals surface area contributed by atoms with E-state index in [2.05, 4.69) is 10.3 Å². The van der Waals surface area contributed by atoms with Gasteiger partial charge in [0.1, 0.15) is 0 Å². The molecule has 0 saturated carbocycles. The molecule has 1 atom stereocenters. The highest BCUT2D eigenvalue weighted by Crippen LogP contribution is 2.30. The van der Waals surface area contributed by atoms with Gasteiger partial charge in [0.15, 0.2) is 0 Å². The molecule has 1 fully saturated rings. The van der Waals surface area contributed by atoms with Crippen molar-refractivity contribution >= 4 is 5.69 Å². The number of nitrogens with zero attached hydrogens (tertiary/aromatic N) is 1. The number of methoxy groups -OCH3 is 1. The lowest BCUT2D eigenvalue weighted by molar-refractivity contribution is 0.386. The van der Waals surface area contributed by atoms with E-state index in [0.29, 0.717) is 17.6 Å². The number of anilines is 1. The van der Waals surface area contributed by atoms with Gasteiger partial charge in [0.05, 0.1) is 19.0 Å². The lowest BCUT2D eigenvalue weighted by Crippen LogP contribution is -2.14. The Morgan fingerprint density at radius 1 is 1.64 bits per heavy atom. The summed E-state index contributed by atoms with van der Waals surface area (Å²) in [5, 5.41) is 3.40. The maximum absolute atomic E-state index is 5.70. The molecule has 3 N–H and O–H groups in total. The first-order chi connectivity index (χ1) is 6.81. The van der Waals surface area contributed by atoms with E-state index in [0.717, 1.165) is 18.5 Å². The Balaban J connectivity index is 2.33. The molecule has 0 aromatic carbocycles. The first kappa shape index (κ1) is 9.27. The molecule has 76 valence electrons. The number of pyridine rings is 1. The van der Waals surface area contributed by atoms with Crippen LogP contribution in [0.1, 0.15) is 24.4 Å². The van der Waals surface area contributed by atoms with E-state index in [1.165, 1.54) is 6.42 Å². The second kappa shape index (κ2) is 3.84. The quantitative estimate of drug-likeness (QED) is 0.738. The highest BCUT2D eigenvalue weighted by Gasteiger charge is 2.20. The monoisotopic (exact) mass is 193 g/mol. The van der Waals surface area contributed by atoms with Crippen LogP contribution >= 0.6 is 0 Å². The maximum Gasteiger partial charge on any atom is 0.217 e. The van der Waals surface area contributed by atoms with Crippen molar-refractivity contribution < 1.29 is 4.74 Å². The Kier molecular flexibility index (Phi) is 2.54. The molecule has 1 aromatic rings. The molecular formula is C10H15N3O. The normalized spacial score (nSPS) is 21.1. The van der Waals surface area contributed by atoms with Gasteiger partial charge in [-0.05, 0) is 25.5 Å². The SMILES string of the molecule is COc1ncc(N)cc1[C@@H]1CCCN1. The van der Waals surface area contributed by atoms with Crippen LogP contribution < -0.4 is 15.8 Å². The molecule has 2 heterocycles. The van der Waals surface area contributed by atoms with Crippen molar-refractivity contribution in [1.82, 2.24) is 10.3 Å². The lowest BCUT2D eigenvalue weighted by Gasteiger charge is -2.14. The van der Waals surface area contributed by atoms with Gasteiger partial charge in [-0.2, -0.15) is 0 Å². The summed E-state index contributed by atoms with van der Waals surface area (Å²) < 4.78 is 5.21. The van der Waals surface area contributed by atoms with Crippen molar-refractivity contribution in [2.75, 3.05) is 19.4 Å². The fourth-order valence-electron chi connectivity index (χ4n) is 1.86. The predicted octanol–water partition coefficient (Wildman–Crippen LogP) is 1.10. The van der Waals surface area contributed by atoms with Crippen molar-refractivity contribution in [3.8, 4) is 5.88 Å². The highest BCUT2D eigenvalue weighted by atomic mass is 16.5. The molecule has 1 aromatic heterocycles. The third-order valence-electron chi connectivity index (χ3n) is 2.53. The van der Waals surface area contributed by atoms with Crippen molar-refractivity contribution in [2.45, 2.75) is 18.9 Å². The minimum absolute atomic E-state index is 0.348. The van der Waals surface area contributed by atoms with Crippen LogP contribution in [0.5, 0.6) is 5.88 Å². The lowest BCUT2D eigenvalue weighted by atomic mass is 10.1. The highest BCUT2D eigenvalue weighted by molar-refractivity contribution is 5.44. The fraction of sp³-hybridized carbons (Fsp3) is 0.500. The summed E-state index contributed by atoms with van der Waals surface area (Å²) in [6, 6.07) is 2.29. The van der Waals surface area contributed by atoms with Crippen LogP contribution in [-0.2, 0) is 0 Å². The Morgan fingerprint density at radius 2 is 2.50 bits per heavy atom. The first-order valence-corrected chi connectivity index (χ1v) is 4.84. The van der Waals surface area contributed by atoms with Crippen molar-refractivity contribution in [3.63, 3.8) is 0 Å². The Bertz CT molecular complexity index is 321. The van der Waals surface area contributed by atoms with Crippen LogP contribution in [0.3, 0.4) is 0 Å².